The molecule has 112 valence electrons. The fourth-order valence-corrected chi connectivity index (χ4v) is 2.15. The molecule has 2 rings (SSSR count). The standard InChI is InChI=1S/C13H13BrF2N4O/c1-6-13(17)7(2)20(19-6)5-12(21)18-11-3-8(14)9(15)4-10(11)16/h3-4H,5,17H2,1-2H3,(H,18,21). The Kier molecular flexibility index (Phi) is 4.26. The topological polar surface area (TPSA) is 72.9 Å². The fraction of sp³-hybridized carbons (Fsp3) is 0.231. The first-order chi connectivity index (χ1) is 9.79. The second kappa shape index (κ2) is 5.80. The van der Waals surface area contributed by atoms with Crippen molar-refractivity contribution in [3.8, 4) is 0 Å². The maximum Gasteiger partial charge on any atom is 0.246 e. The predicted molar refractivity (Wildman–Crippen MR) is 78.8 cm³/mol. The van der Waals surface area contributed by atoms with Gasteiger partial charge < -0.3 is 11.1 Å². The number of carbonyl (C=O) groups is 1. The molecular formula is C13H13BrF2N4O. The average Bonchev–Trinajstić information content (AvgIpc) is 2.63. The summed E-state index contributed by atoms with van der Waals surface area (Å²) >= 11 is 2.93. The molecule has 0 atom stereocenters. The summed E-state index contributed by atoms with van der Waals surface area (Å²) in [6.45, 7) is 3.35. The minimum absolute atomic E-state index is 0.0644. The number of nitrogens with zero attached hydrogens (tertiary/aromatic N) is 2. The maximum atomic E-state index is 13.6. The highest BCUT2D eigenvalue weighted by Crippen LogP contribution is 2.23. The molecule has 0 spiro atoms. The molecule has 1 aromatic carbocycles. The normalized spacial score (nSPS) is 10.7. The van der Waals surface area contributed by atoms with Crippen LogP contribution in [-0.2, 0) is 11.3 Å². The quantitative estimate of drug-likeness (QED) is 0.828. The number of carbonyl (C=O) groups excluding carboxylic acids is 1. The Bertz CT molecular complexity index is 715. The lowest BCUT2D eigenvalue weighted by Gasteiger charge is -2.08. The average molecular weight is 359 g/mol. The molecule has 0 radical (unpaired) electrons. The molecule has 3 N–H and O–H groups in total. The van der Waals surface area contributed by atoms with Crippen LogP contribution in [0, 0.1) is 25.5 Å². The molecule has 0 aliphatic heterocycles. The number of aromatic nitrogens is 2. The van der Waals surface area contributed by atoms with E-state index in [9.17, 15) is 13.6 Å². The van der Waals surface area contributed by atoms with E-state index in [2.05, 4.69) is 26.3 Å². The zero-order chi connectivity index (χ0) is 15.7. The molecule has 1 amide bonds. The number of amides is 1. The first-order valence-electron chi connectivity index (χ1n) is 6.03. The minimum atomic E-state index is -0.850. The molecule has 0 aliphatic rings. The number of hydrogen-bond acceptors (Lipinski definition) is 3. The van der Waals surface area contributed by atoms with E-state index < -0.39 is 17.5 Å². The van der Waals surface area contributed by atoms with Crippen molar-refractivity contribution in [2.45, 2.75) is 20.4 Å². The van der Waals surface area contributed by atoms with Crippen LogP contribution in [0.4, 0.5) is 20.2 Å². The summed E-state index contributed by atoms with van der Waals surface area (Å²) in [5, 5.41) is 6.48. The van der Waals surface area contributed by atoms with Gasteiger partial charge in [-0.05, 0) is 35.8 Å². The van der Waals surface area contributed by atoms with Gasteiger partial charge in [-0.15, -0.1) is 0 Å². The third-order valence-electron chi connectivity index (χ3n) is 3.01. The van der Waals surface area contributed by atoms with E-state index in [0.717, 1.165) is 6.07 Å². The molecule has 0 saturated carbocycles. The Morgan fingerprint density at radius 2 is 2.05 bits per heavy atom. The van der Waals surface area contributed by atoms with Gasteiger partial charge in [-0.3, -0.25) is 9.48 Å². The third-order valence-corrected chi connectivity index (χ3v) is 3.62. The van der Waals surface area contributed by atoms with Crippen molar-refractivity contribution in [2.24, 2.45) is 0 Å². The number of halogens is 3. The number of nitrogen functional groups attached to an aromatic ring is 1. The van der Waals surface area contributed by atoms with Gasteiger partial charge in [0.05, 0.1) is 27.2 Å². The van der Waals surface area contributed by atoms with Crippen LogP contribution in [0.15, 0.2) is 16.6 Å². The second-order valence-electron chi connectivity index (χ2n) is 4.54. The first-order valence-corrected chi connectivity index (χ1v) is 6.82. The monoisotopic (exact) mass is 358 g/mol. The SMILES string of the molecule is Cc1nn(CC(=O)Nc2cc(Br)c(F)cc2F)c(C)c1N. The summed E-state index contributed by atoms with van der Waals surface area (Å²) in [4.78, 5) is 11.9. The van der Waals surface area contributed by atoms with Crippen molar-refractivity contribution in [1.82, 2.24) is 9.78 Å². The van der Waals surface area contributed by atoms with E-state index in [1.807, 2.05) is 0 Å². The molecule has 8 heteroatoms. The molecule has 0 bridgehead atoms. The summed E-state index contributed by atoms with van der Waals surface area (Å²) in [5.41, 5.74) is 7.45. The van der Waals surface area contributed by atoms with Gasteiger partial charge in [0.25, 0.3) is 0 Å². The molecule has 5 nitrogen and oxygen atoms in total. The van der Waals surface area contributed by atoms with E-state index in [4.69, 9.17) is 5.73 Å². The van der Waals surface area contributed by atoms with Crippen LogP contribution < -0.4 is 11.1 Å². The molecule has 0 fully saturated rings. The summed E-state index contributed by atoms with van der Waals surface area (Å²) in [7, 11) is 0. The van der Waals surface area contributed by atoms with E-state index in [1.165, 1.54) is 4.68 Å². The largest absolute Gasteiger partial charge is 0.396 e. The molecule has 1 heterocycles. The Hall–Kier alpha value is -1.96. The lowest BCUT2D eigenvalue weighted by Crippen LogP contribution is -2.21. The molecule has 1 aromatic heterocycles. The maximum absolute atomic E-state index is 13.6. The highest BCUT2D eigenvalue weighted by molar-refractivity contribution is 9.10. The van der Waals surface area contributed by atoms with Gasteiger partial charge in [0, 0.05) is 6.07 Å². The summed E-state index contributed by atoms with van der Waals surface area (Å²) in [5.74, 6) is -2.08. The Balaban J connectivity index is 2.15. The van der Waals surface area contributed by atoms with Crippen molar-refractivity contribution < 1.29 is 13.6 Å². The van der Waals surface area contributed by atoms with Crippen LogP contribution >= 0.6 is 15.9 Å². The number of benzene rings is 1. The number of rotatable bonds is 3. The molecule has 0 aliphatic carbocycles. The van der Waals surface area contributed by atoms with Gasteiger partial charge in [-0.2, -0.15) is 5.10 Å². The summed E-state index contributed by atoms with van der Waals surface area (Å²) in [6.07, 6.45) is 0. The van der Waals surface area contributed by atoms with E-state index in [-0.39, 0.29) is 16.7 Å². The van der Waals surface area contributed by atoms with Crippen LogP contribution in [0.2, 0.25) is 0 Å². The van der Waals surface area contributed by atoms with E-state index >= 15 is 0 Å². The predicted octanol–water partition coefficient (Wildman–Crippen LogP) is 2.76. The molecule has 21 heavy (non-hydrogen) atoms. The van der Waals surface area contributed by atoms with Crippen LogP contribution in [0.5, 0.6) is 0 Å². The third kappa shape index (κ3) is 3.21. The summed E-state index contributed by atoms with van der Waals surface area (Å²) < 4.78 is 28.2. The first kappa shape index (κ1) is 15.4. The van der Waals surface area contributed by atoms with E-state index in [1.54, 1.807) is 13.8 Å². The van der Waals surface area contributed by atoms with Gasteiger partial charge in [-0.25, -0.2) is 8.78 Å². The zero-order valence-electron chi connectivity index (χ0n) is 11.4. The van der Waals surface area contributed by atoms with Crippen molar-refractivity contribution in [3.63, 3.8) is 0 Å². The Morgan fingerprint density at radius 3 is 2.62 bits per heavy atom. The van der Waals surface area contributed by atoms with Gasteiger partial charge in [-0.1, -0.05) is 0 Å². The molecule has 0 saturated heterocycles. The highest BCUT2D eigenvalue weighted by Gasteiger charge is 2.14. The Morgan fingerprint density at radius 1 is 1.38 bits per heavy atom. The van der Waals surface area contributed by atoms with Gasteiger partial charge in [0.1, 0.15) is 18.2 Å². The lowest BCUT2D eigenvalue weighted by atomic mass is 10.3. The number of anilines is 2. The van der Waals surface area contributed by atoms with Gasteiger partial charge in [0.2, 0.25) is 5.91 Å². The molecule has 0 unspecified atom stereocenters. The van der Waals surface area contributed by atoms with Crippen molar-refractivity contribution in [1.29, 1.82) is 0 Å². The Labute approximate surface area is 128 Å². The zero-order valence-corrected chi connectivity index (χ0v) is 13.0. The number of nitrogens with one attached hydrogen (secondary N) is 1. The number of nitrogens with two attached hydrogens (primary N) is 1. The van der Waals surface area contributed by atoms with Crippen LogP contribution in [0.3, 0.4) is 0 Å². The highest BCUT2D eigenvalue weighted by atomic mass is 79.9. The van der Waals surface area contributed by atoms with Crippen LogP contribution in [0.1, 0.15) is 11.4 Å². The van der Waals surface area contributed by atoms with Crippen molar-refractivity contribution >= 4 is 33.2 Å². The number of aryl methyl sites for hydroxylation is 1. The van der Waals surface area contributed by atoms with Crippen LogP contribution in [-0.4, -0.2) is 15.7 Å². The smallest absolute Gasteiger partial charge is 0.246 e. The van der Waals surface area contributed by atoms with Crippen LogP contribution in [0.25, 0.3) is 0 Å². The van der Waals surface area contributed by atoms with E-state index in [0.29, 0.717) is 23.1 Å². The lowest BCUT2D eigenvalue weighted by molar-refractivity contribution is -0.117. The van der Waals surface area contributed by atoms with Gasteiger partial charge in [0.15, 0.2) is 0 Å². The van der Waals surface area contributed by atoms with Crippen molar-refractivity contribution in [2.75, 3.05) is 11.1 Å². The van der Waals surface area contributed by atoms with Gasteiger partial charge >= 0.3 is 0 Å². The second-order valence-corrected chi connectivity index (χ2v) is 5.39. The number of hydrogen-bond donors (Lipinski definition) is 2. The fourth-order valence-electron chi connectivity index (χ4n) is 1.81. The van der Waals surface area contributed by atoms with Crippen molar-refractivity contribution in [3.05, 3.63) is 39.6 Å². The summed E-state index contributed by atoms with van der Waals surface area (Å²) in [6, 6.07) is 1.86. The minimum Gasteiger partial charge on any atom is -0.396 e. The molecular weight excluding hydrogens is 346 g/mol. The molecule has 2 aromatic rings.